The number of sulfone groups is 1. The van der Waals surface area contributed by atoms with Gasteiger partial charge in [0.15, 0.2) is 9.84 Å². The van der Waals surface area contributed by atoms with E-state index in [-0.39, 0.29) is 5.41 Å². The molecule has 0 spiro atoms. The third-order valence-electron chi connectivity index (χ3n) is 4.43. The van der Waals surface area contributed by atoms with Crippen LogP contribution in [-0.2, 0) is 15.3 Å². The van der Waals surface area contributed by atoms with E-state index in [4.69, 9.17) is 11.6 Å². The van der Waals surface area contributed by atoms with Crippen molar-refractivity contribution in [3.8, 4) is 0 Å². The van der Waals surface area contributed by atoms with Crippen molar-refractivity contribution in [3.05, 3.63) is 35.4 Å². The summed E-state index contributed by atoms with van der Waals surface area (Å²) in [5.41, 5.74) is 2.20. The average molecular weight is 317 g/mol. The highest BCUT2D eigenvalue weighted by Gasteiger charge is 2.38. The lowest BCUT2D eigenvalue weighted by Crippen LogP contribution is -2.35. The first kappa shape index (κ1) is 17.5. The predicted octanol–water partition coefficient (Wildman–Crippen LogP) is 4.48. The van der Waals surface area contributed by atoms with Gasteiger partial charge >= 0.3 is 0 Å². The van der Waals surface area contributed by atoms with Crippen LogP contribution in [0.2, 0.25) is 0 Å². The van der Waals surface area contributed by atoms with Gasteiger partial charge in [-0.25, -0.2) is 8.42 Å². The summed E-state index contributed by atoms with van der Waals surface area (Å²) in [5.74, 6) is 0. The molecule has 0 aliphatic heterocycles. The molecule has 0 N–H and O–H groups in total. The van der Waals surface area contributed by atoms with Crippen LogP contribution in [-0.4, -0.2) is 19.4 Å². The Morgan fingerprint density at radius 3 is 1.90 bits per heavy atom. The first-order valence-electron chi connectivity index (χ1n) is 6.87. The van der Waals surface area contributed by atoms with E-state index in [0.717, 1.165) is 12.0 Å². The molecule has 1 rings (SSSR count). The first-order chi connectivity index (χ1) is 8.93. The lowest BCUT2D eigenvalue weighted by Gasteiger charge is -2.29. The van der Waals surface area contributed by atoms with E-state index >= 15 is 0 Å². The van der Waals surface area contributed by atoms with Gasteiger partial charge in [-0.3, -0.25) is 0 Å². The molecule has 0 radical (unpaired) electrons. The Hall–Kier alpha value is -0.540. The Balaban J connectivity index is 3.12. The van der Waals surface area contributed by atoms with Crippen molar-refractivity contribution in [1.82, 2.24) is 0 Å². The van der Waals surface area contributed by atoms with Crippen LogP contribution >= 0.6 is 11.6 Å². The van der Waals surface area contributed by atoms with Gasteiger partial charge in [0.05, 0.1) is 10.1 Å². The summed E-state index contributed by atoms with van der Waals surface area (Å²) in [5, 5.41) is -0.559. The van der Waals surface area contributed by atoms with Crippen molar-refractivity contribution in [3.63, 3.8) is 0 Å². The molecule has 0 aliphatic carbocycles. The first-order valence-corrected chi connectivity index (χ1v) is 9.20. The zero-order chi connectivity index (χ0) is 15.8. The topological polar surface area (TPSA) is 34.1 Å². The van der Waals surface area contributed by atoms with Crippen LogP contribution in [0.5, 0.6) is 0 Å². The summed E-state index contributed by atoms with van der Waals surface area (Å²) in [7, 11) is -3.22. The summed E-state index contributed by atoms with van der Waals surface area (Å²) in [4.78, 5) is 0. The zero-order valence-electron chi connectivity index (χ0n) is 13.2. The van der Waals surface area contributed by atoms with Gasteiger partial charge in [-0.2, -0.15) is 0 Å². The predicted molar refractivity (Wildman–Crippen MR) is 87.3 cm³/mol. The van der Waals surface area contributed by atoms with Gasteiger partial charge in [-0.1, -0.05) is 45.0 Å². The quantitative estimate of drug-likeness (QED) is 0.751. The summed E-state index contributed by atoms with van der Waals surface area (Å²) >= 11 is 6.40. The molecule has 114 valence electrons. The monoisotopic (exact) mass is 316 g/mol. The molecule has 0 saturated carbocycles. The number of alkyl halides is 1. The molecule has 0 amide bonds. The molecule has 0 heterocycles. The Morgan fingerprint density at radius 2 is 1.55 bits per heavy atom. The van der Waals surface area contributed by atoms with Gasteiger partial charge in [0.2, 0.25) is 0 Å². The Kier molecular flexibility index (Phi) is 4.98. The average Bonchev–Trinajstić information content (AvgIpc) is 2.36. The van der Waals surface area contributed by atoms with Crippen LogP contribution in [0.15, 0.2) is 24.3 Å². The maximum absolute atomic E-state index is 11.9. The second kappa shape index (κ2) is 5.69. The molecule has 0 fully saturated rings. The molecule has 1 aromatic carbocycles. The normalized spacial score (nSPS) is 15.2. The molecule has 0 saturated heterocycles. The van der Waals surface area contributed by atoms with E-state index in [1.807, 2.05) is 24.3 Å². The molecule has 0 aliphatic rings. The minimum atomic E-state index is -3.22. The summed E-state index contributed by atoms with van der Waals surface area (Å²) in [6.07, 6.45) is 2.28. The molecular formula is C16H25ClO2S. The summed E-state index contributed by atoms with van der Waals surface area (Å²) < 4.78 is 22.7. The van der Waals surface area contributed by atoms with Crippen molar-refractivity contribution >= 4 is 21.4 Å². The van der Waals surface area contributed by atoms with Crippen LogP contribution in [0.1, 0.15) is 57.5 Å². The van der Waals surface area contributed by atoms with Crippen molar-refractivity contribution < 1.29 is 8.42 Å². The molecule has 2 nitrogen and oxygen atoms in total. The van der Waals surface area contributed by atoms with Crippen molar-refractivity contribution in [1.29, 1.82) is 0 Å². The van der Waals surface area contributed by atoms with Crippen molar-refractivity contribution in [2.75, 3.05) is 6.26 Å². The lowest BCUT2D eigenvalue weighted by atomic mass is 9.82. The highest BCUT2D eigenvalue weighted by atomic mass is 35.5. The molecule has 1 aromatic rings. The Bertz CT molecular complexity index is 557. The van der Waals surface area contributed by atoms with Crippen molar-refractivity contribution in [2.24, 2.45) is 0 Å². The van der Waals surface area contributed by atoms with E-state index in [2.05, 4.69) is 20.8 Å². The second-order valence-corrected chi connectivity index (χ2v) is 9.63. The lowest BCUT2D eigenvalue weighted by molar-refractivity contribution is 0.505. The zero-order valence-corrected chi connectivity index (χ0v) is 14.8. The fourth-order valence-electron chi connectivity index (χ4n) is 1.90. The standard InChI is InChI=1S/C16H25ClO2S/c1-7-15(2,3)13-10-8-12(9-11-13)14(17)16(4,5)20(6,18)19/h8-11,14H,7H2,1-6H3. The van der Waals surface area contributed by atoms with Gasteiger partial charge in [-0.05, 0) is 36.8 Å². The molecule has 20 heavy (non-hydrogen) atoms. The van der Waals surface area contributed by atoms with Crippen LogP contribution in [0.25, 0.3) is 0 Å². The van der Waals surface area contributed by atoms with Gasteiger partial charge in [0, 0.05) is 6.26 Å². The van der Waals surface area contributed by atoms with Crippen LogP contribution in [0.3, 0.4) is 0 Å². The second-order valence-electron chi connectivity index (χ2n) is 6.60. The van der Waals surface area contributed by atoms with E-state index < -0.39 is 20.0 Å². The molecule has 1 atom stereocenters. The van der Waals surface area contributed by atoms with Crippen LogP contribution in [0.4, 0.5) is 0 Å². The minimum absolute atomic E-state index is 0.118. The maximum Gasteiger partial charge on any atom is 0.154 e. The Labute approximate surface area is 128 Å². The Morgan fingerprint density at radius 1 is 1.10 bits per heavy atom. The van der Waals surface area contributed by atoms with E-state index in [0.29, 0.717) is 0 Å². The molecule has 1 unspecified atom stereocenters. The SMILES string of the molecule is CCC(C)(C)c1ccc(C(Cl)C(C)(C)S(C)(=O)=O)cc1. The largest absolute Gasteiger partial charge is 0.229 e. The summed E-state index contributed by atoms with van der Waals surface area (Å²) in [6, 6.07) is 7.98. The molecular weight excluding hydrogens is 292 g/mol. The van der Waals surface area contributed by atoms with Crippen LogP contribution < -0.4 is 0 Å². The van der Waals surface area contributed by atoms with Crippen molar-refractivity contribution in [2.45, 2.75) is 56.6 Å². The maximum atomic E-state index is 11.9. The minimum Gasteiger partial charge on any atom is -0.229 e. The molecule has 4 heteroatoms. The van der Waals surface area contributed by atoms with E-state index in [1.54, 1.807) is 13.8 Å². The van der Waals surface area contributed by atoms with Gasteiger partial charge < -0.3 is 0 Å². The molecule has 0 bridgehead atoms. The van der Waals surface area contributed by atoms with Crippen LogP contribution in [0, 0.1) is 0 Å². The van der Waals surface area contributed by atoms with Gasteiger partial charge in [0.25, 0.3) is 0 Å². The third kappa shape index (κ3) is 3.37. The van der Waals surface area contributed by atoms with Gasteiger partial charge in [0.1, 0.15) is 0 Å². The highest BCUT2D eigenvalue weighted by molar-refractivity contribution is 7.92. The van der Waals surface area contributed by atoms with E-state index in [1.165, 1.54) is 11.8 Å². The summed E-state index contributed by atoms with van der Waals surface area (Å²) in [6.45, 7) is 9.89. The molecule has 0 aromatic heterocycles. The fourth-order valence-corrected chi connectivity index (χ4v) is 3.04. The number of benzene rings is 1. The smallest absolute Gasteiger partial charge is 0.154 e. The number of hydrogen-bond donors (Lipinski definition) is 0. The third-order valence-corrected chi connectivity index (χ3v) is 7.51. The number of hydrogen-bond acceptors (Lipinski definition) is 2. The fraction of sp³-hybridized carbons (Fsp3) is 0.625. The number of rotatable bonds is 5. The van der Waals surface area contributed by atoms with E-state index in [9.17, 15) is 8.42 Å². The van der Waals surface area contributed by atoms with Gasteiger partial charge in [-0.15, -0.1) is 11.6 Å². The number of halogens is 1. The highest BCUT2D eigenvalue weighted by Crippen LogP contribution is 2.38.